The lowest BCUT2D eigenvalue weighted by molar-refractivity contribution is -0.00193. The molecule has 1 aliphatic carbocycles. The van der Waals surface area contributed by atoms with Crippen LogP contribution in [0, 0.1) is 5.92 Å². The van der Waals surface area contributed by atoms with Crippen molar-refractivity contribution in [1.29, 1.82) is 0 Å². The standard InChI is InChI=1S/C16H32N2O2/c1-14(2)15-12-18(8-9-20-11-10-19-3)16(13-17-15)6-4-5-7-16/h14-15,17H,4-13H2,1-3H3. The summed E-state index contributed by atoms with van der Waals surface area (Å²) < 4.78 is 10.7. The molecule has 20 heavy (non-hydrogen) atoms. The van der Waals surface area contributed by atoms with Crippen molar-refractivity contribution < 1.29 is 9.47 Å². The SMILES string of the molecule is COCCOCCN1CC(C(C)C)NCC12CCCC2. The van der Waals surface area contributed by atoms with Crippen LogP contribution in [0.5, 0.6) is 0 Å². The molecule has 1 aliphatic heterocycles. The van der Waals surface area contributed by atoms with Crippen molar-refractivity contribution >= 4 is 0 Å². The van der Waals surface area contributed by atoms with Crippen molar-refractivity contribution in [3.05, 3.63) is 0 Å². The lowest BCUT2D eigenvalue weighted by Gasteiger charge is -2.49. The summed E-state index contributed by atoms with van der Waals surface area (Å²) >= 11 is 0. The van der Waals surface area contributed by atoms with Gasteiger partial charge in [0, 0.05) is 38.3 Å². The van der Waals surface area contributed by atoms with E-state index in [4.69, 9.17) is 9.47 Å². The predicted molar refractivity (Wildman–Crippen MR) is 82.1 cm³/mol. The molecular weight excluding hydrogens is 252 g/mol. The van der Waals surface area contributed by atoms with Crippen LogP contribution in [0.3, 0.4) is 0 Å². The Kier molecular flexibility index (Phi) is 6.27. The second-order valence-electron chi connectivity index (χ2n) is 6.71. The van der Waals surface area contributed by atoms with E-state index < -0.39 is 0 Å². The zero-order valence-electron chi connectivity index (χ0n) is 13.5. The molecule has 1 unspecified atom stereocenters. The van der Waals surface area contributed by atoms with Crippen molar-refractivity contribution in [2.24, 2.45) is 5.92 Å². The lowest BCUT2D eigenvalue weighted by Crippen LogP contribution is -2.65. The van der Waals surface area contributed by atoms with Crippen LogP contribution in [-0.2, 0) is 9.47 Å². The smallest absolute Gasteiger partial charge is 0.0700 e. The van der Waals surface area contributed by atoms with Gasteiger partial charge in [0.2, 0.25) is 0 Å². The van der Waals surface area contributed by atoms with Gasteiger partial charge in [0.25, 0.3) is 0 Å². The maximum absolute atomic E-state index is 5.69. The summed E-state index contributed by atoms with van der Waals surface area (Å²) in [5, 5.41) is 3.79. The van der Waals surface area contributed by atoms with Crippen molar-refractivity contribution in [2.75, 3.05) is 46.6 Å². The first-order chi connectivity index (χ1) is 9.68. The summed E-state index contributed by atoms with van der Waals surface area (Å²) in [6.45, 7) is 10.3. The Balaban J connectivity index is 1.85. The Morgan fingerprint density at radius 3 is 2.60 bits per heavy atom. The van der Waals surface area contributed by atoms with E-state index in [9.17, 15) is 0 Å². The molecule has 2 fully saturated rings. The van der Waals surface area contributed by atoms with Crippen LogP contribution in [0.1, 0.15) is 39.5 Å². The average Bonchev–Trinajstić information content (AvgIpc) is 2.89. The van der Waals surface area contributed by atoms with E-state index in [1.165, 1.54) is 32.2 Å². The van der Waals surface area contributed by atoms with Gasteiger partial charge in [-0.15, -0.1) is 0 Å². The molecule has 1 saturated heterocycles. The average molecular weight is 284 g/mol. The first kappa shape index (κ1) is 16.2. The molecule has 2 aliphatic rings. The fourth-order valence-electron chi connectivity index (χ4n) is 3.65. The zero-order chi connectivity index (χ0) is 14.4. The number of hydrogen-bond acceptors (Lipinski definition) is 4. The molecule has 2 rings (SSSR count). The van der Waals surface area contributed by atoms with Crippen molar-refractivity contribution in [3.63, 3.8) is 0 Å². The molecule has 1 atom stereocenters. The van der Waals surface area contributed by atoms with E-state index in [1.807, 2.05) is 0 Å². The van der Waals surface area contributed by atoms with E-state index in [2.05, 4.69) is 24.1 Å². The third kappa shape index (κ3) is 3.94. The molecule has 1 spiro atoms. The van der Waals surface area contributed by atoms with Gasteiger partial charge >= 0.3 is 0 Å². The fraction of sp³-hybridized carbons (Fsp3) is 1.00. The molecule has 0 aromatic heterocycles. The number of nitrogens with zero attached hydrogens (tertiary/aromatic N) is 1. The van der Waals surface area contributed by atoms with E-state index in [0.717, 1.165) is 19.7 Å². The minimum Gasteiger partial charge on any atom is -0.382 e. The predicted octanol–water partition coefficient (Wildman–Crippen LogP) is 1.89. The zero-order valence-corrected chi connectivity index (χ0v) is 13.5. The minimum absolute atomic E-state index is 0.413. The van der Waals surface area contributed by atoms with Crippen LogP contribution in [0.2, 0.25) is 0 Å². The van der Waals surface area contributed by atoms with Crippen LogP contribution in [-0.4, -0.2) is 63.0 Å². The quantitative estimate of drug-likeness (QED) is 0.724. The van der Waals surface area contributed by atoms with Gasteiger partial charge in [0.1, 0.15) is 0 Å². The summed E-state index contributed by atoms with van der Waals surface area (Å²) in [6, 6.07) is 0.625. The first-order valence-corrected chi connectivity index (χ1v) is 8.23. The molecule has 0 aromatic rings. The highest BCUT2D eigenvalue weighted by Gasteiger charge is 2.43. The molecule has 0 radical (unpaired) electrons. The summed E-state index contributed by atoms with van der Waals surface area (Å²) in [7, 11) is 1.72. The maximum Gasteiger partial charge on any atom is 0.0700 e. The van der Waals surface area contributed by atoms with Gasteiger partial charge in [-0.2, -0.15) is 0 Å². The molecule has 1 saturated carbocycles. The van der Waals surface area contributed by atoms with Crippen molar-refractivity contribution in [3.8, 4) is 0 Å². The van der Waals surface area contributed by atoms with E-state index in [0.29, 0.717) is 30.7 Å². The molecule has 1 heterocycles. The van der Waals surface area contributed by atoms with Gasteiger partial charge < -0.3 is 14.8 Å². The van der Waals surface area contributed by atoms with Crippen molar-refractivity contribution in [2.45, 2.75) is 51.1 Å². The van der Waals surface area contributed by atoms with Crippen molar-refractivity contribution in [1.82, 2.24) is 10.2 Å². The van der Waals surface area contributed by atoms with E-state index in [-0.39, 0.29) is 0 Å². The third-order valence-electron chi connectivity index (χ3n) is 5.06. The monoisotopic (exact) mass is 284 g/mol. The first-order valence-electron chi connectivity index (χ1n) is 8.23. The molecule has 0 aromatic carbocycles. The number of nitrogens with one attached hydrogen (secondary N) is 1. The number of hydrogen-bond donors (Lipinski definition) is 1. The number of methoxy groups -OCH3 is 1. The summed E-state index contributed by atoms with van der Waals surface area (Å²) in [6.07, 6.45) is 5.47. The fourth-order valence-corrected chi connectivity index (χ4v) is 3.65. The van der Waals surface area contributed by atoms with Crippen LogP contribution in [0.4, 0.5) is 0 Å². The van der Waals surface area contributed by atoms with Crippen LogP contribution >= 0.6 is 0 Å². The summed E-state index contributed by atoms with van der Waals surface area (Å²) in [5.74, 6) is 0.700. The maximum atomic E-state index is 5.69. The molecule has 0 bridgehead atoms. The molecule has 4 nitrogen and oxygen atoms in total. The minimum atomic E-state index is 0.413. The van der Waals surface area contributed by atoms with Crippen LogP contribution < -0.4 is 5.32 Å². The highest BCUT2D eigenvalue weighted by atomic mass is 16.5. The molecular formula is C16H32N2O2. The highest BCUT2D eigenvalue weighted by Crippen LogP contribution is 2.37. The lowest BCUT2D eigenvalue weighted by atomic mass is 9.88. The number of piperazine rings is 1. The Labute approximate surface area is 124 Å². The molecule has 4 heteroatoms. The Bertz CT molecular complexity index is 278. The van der Waals surface area contributed by atoms with Gasteiger partial charge in [-0.25, -0.2) is 0 Å². The third-order valence-corrected chi connectivity index (χ3v) is 5.06. The normalized spacial score (nSPS) is 26.7. The number of ether oxygens (including phenoxy) is 2. The van der Waals surface area contributed by atoms with Gasteiger partial charge in [-0.3, -0.25) is 4.90 Å². The van der Waals surface area contributed by atoms with E-state index >= 15 is 0 Å². The summed E-state index contributed by atoms with van der Waals surface area (Å²) in [5.41, 5.74) is 0.413. The van der Waals surface area contributed by atoms with Gasteiger partial charge in [0.15, 0.2) is 0 Å². The Morgan fingerprint density at radius 2 is 1.95 bits per heavy atom. The Morgan fingerprint density at radius 1 is 1.20 bits per heavy atom. The summed E-state index contributed by atoms with van der Waals surface area (Å²) in [4.78, 5) is 2.72. The van der Waals surface area contributed by atoms with Crippen LogP contribution in [0.15, 0.2) is 0 Å². The second-order valence-corrected chi connectivity index (χ2v) is 6.71. The highest BCUT2D eigenvalue weighted by molar-refractivity contribution is 5.02. The van der Waals surface area contributed by atoms with Gasteiger partial charge in [-0.05, 0) is 18.8 Å². The van der Waals surface area contributed by atoms with Crippen LogP contribution in [0.25, 0.3) is 0 Å². The molecule has 0 amide bonds. The largest absolute Gasteiger partial charge is 0.382 e. The van der Waals surface area contributed by atoms with Gasteiger partial charge in [0.05, 0.1) is 19.8 Å². The second kappa shape index (κ2) is 7.74. The van der Waals surface area contributed by atoms with Gasteiger partial charge in [-0.1, -0.05) is 26.7 Å². The molecule has 118 valence electrons. The topological polar surface area (TPSA) is 33.7 Å². The van der Waals surface area contributed by atoms with E-state index in [1.54, 1.807) is 7.11 Å². The Hall–Kier alpha value is -0.160. The number of rotatable bonds is 7. The molecule has 1 N–H and O–H groups in total.